The summed E-state index contributed by atoms with van der Waals surface area (Å²) < 4.78 is 50.2. The van der Waals surface area contributed by atoms with Crippen LogP contribution >= 0.6 is 23.2 Å². The highest BCUT2D eigenvalue weighted by Gasteiger charge is 2.31. The number of sulfone groups is 1. The highest BCUT2D eigenvalue weighted by molar-refractivity contribution is 7.90. The summed E-state index contributed by atoms with van der Waals surface area (Å²) in [5, 5.41) is 3.62. The van der Waals surface area contributed by atoms with Gasteiger partial charge in [0.15, 0.2) is 9.84 Å². The number of hydrogen-bond donors (Lipinski definition) is 1. The lowest BCUT2D eigenvalue weighted by Crippen LogP contribution is -2.43. The van der Waals surface area contributed by atoms with Crippen molar-refractivity contribution in [2.75, 3.05) is 19.3 Å². The van der Waals surface area contributed by atoms with Gasteiger partial charge in [0.1, 0.15) is 0 Å². The molecule has 7 nitrogen and oxygen atoms in total. The fraction of sp³-hybridized carbons (Fsp3) is 0.409. The Balaban J connectivity index is 1.55. The van der Waals surface area contributed by atoms with Gasteiger partial charge in [-0.1, -0.05) is 41.4 Å². The molecule has 0 bridgehead atoms. The zero-order chi connectivity index (χ0) is 24.4. The number of hydrogen-bond acceptors (Lipinski definition) is 5. The first-order valence-electron chi connectivity index (χ1n) is 10.4. The van der Waals surface area contributed by atoms with Gasteiger partial charge in [-0.15, -0.1) is 0 Å². The Morgan fingerprint density at radius 3 is 2.18 bits per heavy atom. The van der Waals surface area contributed by atoms with Crippen LogP contribution in [0.1, 0.15) is 36.9 Å². The fourth-order valence-electron chi connectivity index (χ4n) is 3.75. The summed E-state index contributed by atoms with van der Waals surface area (Å²) in [5.74, 6) is -0.614. The predicted octanol–water partition coefficient (Wildman–Crippen LogP) is 3.82. The van der Waals surface area contributed by atoms with E-state index >= 15 is 0 Å². The van der Waals surface area contributed by atoms with E-state index in [4.69, 9.17) is 23.2 Å². The topological polar surface area (TPSA) is 101 Å². The van der Waals surface area contributed by atoms with E-state index in [1.54, 1.807) is 30.3 Å². The van der Waals surface area contributed by atoms with Crippen LogP contribution < -0.4 is 5.32 Å². The Morgan fingerprint density at radius 2 is 1.64 bits per heavy atom. The van der Waals surface area contributed by atoms with Gasteiger partial charge in [-0.2, -0.15) is 0 Å². The molecule has 2 aromatic carbocycles. The summed E-state index contributed by atoms with van der Waals surface area (Å²) >= 11 is 11.9. The van der Waals surface area contributed by atoms with Crippen molar-refractivity contribution < 1.29 is 21.6 Å². The number of rotatable bonds is 7. The lowest BCUT2D eigenvalue weighted by atomic mass is 9.96. The van der Waals surface area contributed by atoms with E-state index in [1.807, 2.05) is 6.92 Å². The normalized spacial score (nSPS) is 17.0. The maximum Gasteiger partial charge on any atom is 0.223 e. The SMILES string of the molecule is CC(NC(=O)C1CCN(S(=O)(=O)Cc2ccc(Cl)c(Cl)c2)CC1)c1ccc(S(C)(=O)=O)cc1. The van der Waals surface area contributed by atoms with Crippen LogP contribution in [0.4, 0.5) is 0 Å². The lowest BCUT2D eigenvalue weighted by Gasteiger charge is -2.31. The molecular formula is C22H26Cl2N2O5S2. The van der Waals surface area contributed by atoms with Gasteiger partial charge in [-0.3, -0.25) is 4.79 Å². The Labute approximate surface area is 205 Å². The van der Waals surface area contributed by atoms with Gasteiger partial charge < -0.3 is 5.32 Å². The number of nitrogens with one attached hydrogen (secondary N) is 1. The van der Waals surface area contributed by atoms with Gasteiger partial charge in [0.05, 0.1) is 26.7 Å². The quantitative estimate of drug-likeness (QED) is 0.584. The van der Waals surface area contributed by atoms with Crippen molar-refractivity contribution in [1.82, 2.24) is 9.62 Å². The fourth-order valence-corrected chi connectivity index (χ4v) is 6.25. The summed E-state index contributed by atoms with van der Waals surface area (Å²) in [6.45, 7) is 2.35. The van der Waals surface area contributed by atoms with Crippen molar-refractivity contribution in [3.8, 4) is 0 Å². The Bertz CT molecular complexity index is 1220. The molecule has 1 unspecified atom stereocenters. The number of carbonyl (C=O) groups is 1. The van der Waals surface area contributed by atoms with Crippen molar-refractivity contribution in [3.05, 3.63) is 63.6 Å². The maximum absolute atomic E-state index is 12.8. The first kappa shape index (κ1) is 26.0. The Kier molecular flexibility index (Phi) is 8.11. The van der Waals surface area contributed by atoms with Crippen molar-refractivity contribution >= 4 is 49.0 Å². The molecule has 180 valence electrons. The molecule has 1 aliphatic heterocycles. The minimum absolute atomic E-state index is 0.142. The summed E-state index contributed by atoms with van der Waals surface area (Å²) in [7, 11) is -6.83. The zero-order valence-electron chi connectivity index (χ0n) is 18.3. The molecule has 1 fully saturated rings. The third-order valence-electron chi connectivity index (χ3n) is 5.72. The monoisotopic (exact) mass is 532 g/mol. The standard InChI is InChI=1S/C22H26Cl2N2O5S2/c1-15(17-4-6-19(7-5-17)32(2,28)29)25-22(27)18-9-11-26(12-10-18)33(30,31)14-16-3-8-20(23)21(24)13-16/h3-8,13,15,18H,9-12,14H2,1-2H3,(H,25,27). The summed E-state index contributed by atoms with van der Waals surface area (Å²) in [5.41, 5.74) is 1.34. The summed E-state index contributed by atoms with van der Waals surface area (Å²) in [4.78, 5) is 12.9. The van der Waals surface area contributed by atoms with E-state index in [0.717, 1.165) is 11.8 Å². The summed E-state index contributed by atoms with van der Waals surface area (Å²) in [6.07, 6.45) is 1.99. The Hall–Kier alpha value is -1.65. The molecule has 2 aromatic rings. The van der Waals surface area contributed by atoms with Crippen LogP contribution in [0.25, 0.3) is 0 Å². The smallest absolute Gasteiger partial charge is 0.223 e. The van der Waals surface area contributed by atoms with Crippen molar-refractivity contribution in [2.24, 2.45) is 5.92 Å². The van der Waals surface area contributed by atoms with Crippen molar-refractivity contribution in [3.63, 3.8) is 0 Å². The molecule has 1 N–H and O–H groups in total. The van der Waals surface area contributed by atoms with Crippen LogP contribution in [0.3, 0.4) is 0 Å². The first-order chi connectivity index (χ1) is 15.4. The van der Waals surface area contributed by atoms with Crippen molar-refractivity contribution in [1.29, 1.82) is 0 Å². The minimum atomic E-state index is -3.55. The highest BCUT2D eigenvalue weighted by Crippen LogP contribution is 2.26. The number of benzene rings is 2. The third-order valence-corrected chi connectivity index (χ3v) is 9.44. The van der Waals surface area contributed by atoms with E-state index in [0.29, 0.717) is 28.5 Å². The second-order valence-corrected chi connectivity index (χ2v) is 13.0. The summed E-state index contributed by atoms with van der Waals surface area (Å²) in [6, 6.07) is 10.8. The van der Waals surface area contributed by atoms with Crippen LogP contribution in [0, 0.1) is 5.92 Å². The average molecular weight is 533 g/mol. The molecule has 1 atom stereocenters. The zero-order valence-corrected chi connectivity index (χ0v) is 21.4. The largest absolute Gasteiger partial charge is 0.349 e. The molecule has 11 heteroatoms. The molecule has 3 rings (SSSR count). The number of nitrogens with zero attached hydrogens (tertiary/aromatic N) is 1. The molecule has 0 aromatic heterocycles. The third kappa shape index (κ3) is 6.70. The molecule has 0 saturated carbocycles. The van der Waals surface area contributed by atoms with Gasteiger partial charge in [-0.05, 0) is 55.2 Å². The number of amides is 1. The van der Waals surface area contributed by atoms with Gasteiger partial charge in [-0.25, -0.2) is 21.1 Å². The minimum Gasteiger partial charge on any atom is -0.349 e. The van der Waals surface area contributed by atoms with E-state index in [9.17, 15) is 21.6 Å². The number of piperidine rings is 1. The highest BCUT2D eigenvalue weighted by atomic mass is 35.5. The average Bonchev–Trinajstić information content (AvgIpc) is 2.75. The second-order valence-electron chi connectivity index (χ2n) is 8.25. The maximum atomic E-state index is 12.8. The molecule has 0 spiro atoms. The Morgan fingerprint density at radius 1 is 1.03 bits per heavy atom. The van der Waals surface area contributed by atoms with E-state index in [-0.39, 0.29) is 41.6 Å². The molecule has 1 aliphatic rings. The lowest BCUT2D eigenvalue weighted by molar-refractivity contribution is -0.126. The molecular weight excluding hydrogens is 507 g/mol. The van der Waals surface area contributed by atoms with E-state index in [2.05, 4.69) is 5.32 Å². The van der Waals surface area contributed by atoms with Crippen LogP contribution in [-0.2, 0) is 30.4 Å². The number of halogens is 2. The molecule has 33 heavy (non-hydrogen) atoms. The second kappa shape index (κ2) is 10.3. The van der Waals surface area contributed by atoms with Gasteiger partial charge in [0.2, 0.25) is 15.9 Å². The number of carbonyl (C=O) groups excluding carboxylic acids is 1. The van der Waals surface area contributed by atoms with Crippen LogP contribution in [0.15, 0.2) is 47.4 Å². The van der Waals surface area contributed by atoms with Crippen LogP contribution in [-0.4, -0.2) is 46.4 Å². The molecule has 1 saturated heterocycles. The predicted molar refractivity (Wildman–Crippen MR) is 129 cm³/mol. The van der Waals surface area contributed by atoms with Gasteiger partial charge in [0, 0.05) is 25.3 Å². The molecule has 1 amide bonds. The van der Waals surface area contributed by atoms with Crippen molar-refractivity contribution in [2.45, 2.75) is 36.5 Å². The van der Waals surface area contributed by atoms with Gasteiger partial charge >= 0.3 is 0 Å². The molecule has 0 radical (unpaired) electrons. The molecule has 0 aliphatic carbocycles. The number of sulfonamides is 1. The van der Waals surface area contributed by atoms with E-state index < -0.39 is 19.9 Å². The molecule has 1 heterocycles. The first-order valence-corrected chi connectivity index (χ1v) is 14.6. The van der Waals surface area contributed by atoms with Crippen LogP contribution in [0.5, 0.6) is 0 Å². The van der Waals surface area contributed by atoms with E-state index in [1.165, 1.54) is 16.4 Å². The van der Waals surface area contributed by atoms with Crippen LogP contribution in [0.2, 0.25) is 10.0 Å². The van der Waals surface area contributed by atoms with Gasteiger partial charge in [0.25, 0.3) is 0 Å².